The fourth-order valence-electron chi connectivity index (χ4n) is 0.922. The first-order valence-corrected chi connectivity index (χ1v) is 5.38. The molecule has 2 N–H and O–H groups in total. The van der Waals surface area contributed by atoms with Crippen LogP contribution in [0.25, 0.3) is 0 Å². The summed E-state index contributed by atoms with van der Waals surface area (Å²) in [6, 6.07) is 3.92. The van der Waals surface area contributed by atoms with Crippen molar-refractivity contribution in [3.05, 3.63) is 22.9 Å². The minimum Gasteiger partial charge on any atom is -0.381 e. The van der Waals surface area contributed by atoms with E-state index in [0.717, 1.165) is 16.8 Å². The lowest BCUT2D eigenvalue weighted by atomic mass is 10.1. The molecule has 0 radical (unpaired) electrons. The maximum absolute atomic E-state index is 4.14. The van der Waals surface area contributed by atoms with E-state index in [1.54, 1.807) is 6.20 Å². The summed E-state index contributed by atoms with van der Waals surface area (Å²) in [5, 5.41) is 6.57. The smallest absolute Gasteiger partial charge is 0.129 e. The molecule has 1 heterocycles. The summed E-state index contributed by atoms with van der Waals surface area (Å²) in [5.41, 5.74) is 1.10. The highest BCUT2D eigenvalue weighted by Gasteiger charge is 2.14. The van der Waals surface area contributed by atoms with Crippen molar-refractivity contribution < 1.29 is 0 Å². The molecule has 0 amide bonds. The van der Waals surface area contributed by atoms with Crippen LogP contribution in [0.3, 0.4) is 0 Å². The standard InChI is InChI=1S/C10H16BrN3/c1-10(2,12-3)7-14-8-5-4-6-13-9(8)11/h4-6,12,14H,7H2,1-3H3. The molecule has 0 saturated carbocycles. The topological polar surface area (TPSA) is 37.0 Å². The van der Waals surface area contributed by atoms with E-state index in [0.29, 0.717) is 0 Å². The SMILES string of the molecule is CNC(C)(C)CNc1cccnc1Br. The third kappa shape index (κ3) is 3.27. The summed E-state index contributed by atoms with van der Waals surface area (Å²) in [4.78, 5) is 4.14. The Balaban J connectivity index is 2.58. The molecule has 4 heteroatoms. The average Bonchev–Trinajstić information content (AvgIpc) is 2.17. The van der Waals surface area contributed by atoms with Gasteiger partial charge in [-0.15, -0.1) is 0 Å². The van der Waals surface area contributed by atoms with Crippen LogP contribution in [0.15, 0.2) is 22.9 Å². The second-order valence-electron chi connectivity index (χ2n) is 3.83. The van der Waals surface area contributed by atoms with E-state index in [-0.39, 0.29) is 5.54 Å². The summed E-state index contributed by atoms with van der Waals surface area (Å²) in [6.45, 7) is 5.14. The molecule has 0 spiro atoms. The Labute approximate surface area is 93.4 Å². The molecule has 0 fully saturated rings. The minimum atomic E-state index is 0.0787. The van der Waals surface area contributed by atoms with Crippen molar-refractivity contribution in [2.45, 2.75) is 19.4 Å². The lowest BCUT2D eigenvalue weighted by Crippen LogP contribution is -2.42. The van der Waals surface area contributed by atoms with Crippen LogP contribution < -0.4 is 10.6 Å². The van der Waals surface area contributed by atoms with Crippen molar-refractivity contribution in [3.63, 3.8) is 0 Å². The Morgan fingerprint density at radius 2 is 2.21 bits per heavy atom. The number of nitrogens with zero attached hydrogens (tertiary/aromatic N) is 1. The zero-order valence-corrected chi connectivity index (χ0v) is 10.4. The molecule has 14 heavy (non-hydrogen) atoms. The highest BCUT2D eigenvalue weighted by Crippen LogP contribution is 2.18. The zero-order valence-electron chi connectivity index (χ0n) is 8.76. The van der Waals surface area contributed by atoms with Gasteiger partial charge in [0.15, 0.2) is 0 Å². The number of rotatable bonds is 4. The van der Waals surface area contributed by atoms with Gasteiger partial charge in [0.05, 0.1) is 5.69 Å². The first kappa shape index (κ1) is 11.5. The zero-order chi connectivity index (χ0) is 10.6. The van der Waals surface area contributed by atoms with Gasteiger partial charge in [0.25, 0.3) is 0 Å². The van der Waals surface area contributed by atoms with E-state index in [1.807, 2.05) is 19.2 Å². The van der Waals surface area contributed by atoms with Gasteiger partial charge in [-0.3, -0.25) is 0 Å². The fourth-order valence-corrected chi connectivity index (χ4v) is 1.31. The fraction of sp³-hybridized carbons (Fsp3) is 0.500. The molecule has 0 atom stereocenters. The molecule has 0 aliphatic carbocycles. The van der Waals surface area contributed by atoms with Gasteiger partial charge in [-0.1, -0.05) is 0 Å². The molecule has 0 unspecified atom stereocenters. The minimum absolute atomic E-state index is 0.0787. The number of anilines is 1. The molecule has 0 bridgehead atoms. The number of hydrogen-bond acceptors (Lipinski definition) is 3. The number of nitrogens with one attached hydrogen (secondary N) is 2. The maximum Gasteiger partial charge on any atom is 0.129 e. The van der Waals surface area contributed by atoms with Crippen LogP contribution >= 0.6 is 15.9 Å². The number of likely N-dealkylation sites (N-methyl/N-ethyl adjacent to an activating group) is 1. The number of hydrogen-bond donors (Lipinski definition) is 2. The van der Waals surface area contributed by atoms with Crippen molar-refractivity contribution in [2.75, 3.05) is 18.9 Å². The third-order valence-corrected chi connectivity index (χ3v) is 2.79. The van der Waals surface area contributed by atoms with Gasteiger partial charge in [0, 0.05) is 18.3 Å². The van der Waals surface area contributed by atoms with Gasteiger partial charge < -0.3 is 10.6 Å². The van der Waals surface area contributed by atoms with E-state index in [2.05, 4.69) is 45.4 Å². The van der Waals surface area contributed by atoms with E-state index in [1.165, 1.54) is 0 Å². The van der Waals surface area contributed by atoms with Crippen molar-refractivity contribution in [1.29, 1.82) is 0 Å². The summed E-state index contributed by atoms with van der Waals surface area (Å²) in [6.07, 6.45) is 1.76. The predicted octanol–water partition coefficient (Wildman–Crippen LogP) is 2.25. The second-order valence-corrected chi connectivity index (χ2v) is 4.58. The van der Waals surface area contributed by atoms with Crippen LogP contribution in [-0.2, 0) is 0 Å². The van der Waals surface area contributed by atoms with Crippen molar-refractivity contribution in [2.24, 2.45) is 0 Å². The maximum atomic E-state index is 4.14. The van der Waals surface area contributed by atoms with E-state index < -0.39 is 0 Å². The molecule has 1 aromatic heterocycles. The largest absolute Gasteiger partial charge is 0.381 e. The van der Waals surface area contributed by atoms with Gasteiger partial charge >= 0.3 is 0 Å². The molecule has 0 aromatic carbocycles. The highest BCUT2D eigenvalue weighted by molar-refractivity contribution is 9.10. The average molecular weight is 258 g/mol. The van der Waals surface area contributed by atoms with Crippen LogP contribution in [0.2, 0.25) is 0 Å². The molecule has 0 aliphatic rings. The summed E-state index contributed by atoms with van der Waals surface area (Å²) < 4.78 is 0.854. The quantitative estimate of drug-likeness (QED) is 0.813. The molecular weight excluding hydrogens is 242 g/mol. The Hall–Kier alpha value is -0.610. The van der Waals surface area contributed by atoms with Gasteiger partial charge in [-0.05, 0) is 49.0 Å². The Morgan fingerprint density at radius 3 is 2.79 bits per heavy atom. The van der Waals surface area contributed by atoms with Gasteiger partial charge in [-0.2, -0.15) is 0 Å². The molecule has 78 valence electrons. The second kappa shape index (κ2) is 4.75. The van der Waals surface area contributed by atoms with Crippen molar-refractivity contribution in [1.82, 2.24) is 10.3 Å². The van der Waals surface area contributed by atoms with Crippen LogP contribution in [0.5, 0.6) is 0 Å². The first-order valence-electron chi connectivity index (χ1n) is 4.58. The monoisotopic (exact) mass is 257 g/mol. The third-order valence-electron chi connectivity index (χ3n) is 2.16. The first-order chi connectivity index (χ1) is 6.55. The van der Waals surface area contributed by atoms with Crippen LogP contribution in [0.1, 0.15) is 13.8 Å². The summed E-state index contributed by atoms with van der Waals surface area (Å²) in [5.74, 6) is 0. The normalized spacial score (nSPS) is 11.4. The number of aromatic nitrogens is 1. The van der Waals surface area contributed by atoms with Crippen LogP contribution in [-0.4, -0.2) is 24.1 Å². The highest BCUT2D eigenvalue weighted by atomic mass is 79.9. The van der Waals surface area contributed by atoms with Crippen molar-refractivity contribution in [3.8, 4) is 0 Å². The van der Waals surface area contributed by atoms with Crippen LogP contribution in [0.4, 0.5) is 5.69 Å². The lowest BCUT2D eigenvalue weighted by molar-refractivity contribution is 0.448. The molecule has 1 rings (SSSR count). The summed E-state index contributed by atoms with van der Waals surface area (Å²) >= 11 is 3.39. The van der Waals surface area contributed by atoms with Gasteiger partial charge in [0.2, 0.25) is 0 Å². The van der Waals surface area contributed by atoms with Gasteiger partial charge in [0.1, 0.15) is 4.60 Å². The van der Waals surface area contributed by atoms with Crippen LogP contribution in [0, 0.1) is 0 Å². The molecule has 0 aliphatic heterocycles. The number of halogens is 1. The number of pyridine rings is 1. The Kier molecular flexibility index (Phi) is 3.89. The van der Waals surface area contributed by atoms with E-state index in [4.69, 9.17) is 0 Å². The molecule has 3 nitrogen and oxygen atoms in total. The van der Waals surface area contributed by atoms with E-state index >= 15 is 0 Å². The van der Waals surface area contributed by atoms with Crippen molar-refractivity contribution >= 4 is 21.6 Å². The molecule has 1 aromatic rings. The Morgan fingerprint density at radius 1 is 1.50 bits per heavy atom. The molecular formula is C10H16BrN3. The Bertz CT molecular complexity index is 299. The molecule has 0 saturated heterocycles. The predicted molar refractivity (Wildman–Crippen MR) is 63.6 cm³/mol. The summed E-state index contributed by atoms with van der Waals surface area (Å²) in [7, 11) is 1.96. The lowest BCUT2D eigenvalue weighted by Gasteiger charge is -2.25. The van der Waals surface area contributed by atoms with Gasteiger partial charge in [-0.25, -0.2) is 4.98 Å². The van der Waals surface area contributed by atoms with E-state index in [9.17, 15) is 0 Å².